The average molecular weight is 563 g/mol. The molecule has 0 unspecified atom stereocenters. The van der Waals surface area contributed by atoms with Crippen LogP contribution in [0.5, 0.6) is 11.5 Å². The fraction of sp³-hybridized carbons (Fsp3) is 0.160. The summed E-state index contributed by atoms with van der Waals surface area (Å²) in [5.74, 6) is -1.58. The number of amides is 2. The van der Waals surface area contributed by atoms with Gasteiger partial charge in [-0.05, 0) is 82.9 Å². The molecule has 0 spiro atoms. The van der Waals surface area contributed by atoms with E-state index in [0.717, 1.165) is 11.1 Å². The van der Waals surface area contributed by atoms with E-state index in [2.05, 4.69) is 31.8 Å². The molecule has 3 aromatic rings. The predicted molar refractivity (Wildman–Crippen MR) is 137 cm³/mol. The van der Waals surface area contributed by atoms with Gasteiger partial charge in [0.15, 0.2) is 11.5 Å². The Labute approximate surface area is 215 Å². The van der Waals surface area contributed by atoms with Crippen LogP contribution in [0.1, 0.15) is 22.3 Å². The van der Waals surface area contributed by atoms with Crippen LogP contribution in [-0.4, -0.2) is 25.1 Å². The zero-order chi connectivity index (χ0) is 25.5. The van der Waals surface area contributed by atoms with Gasteiger partial charge in [-0.2, -0.15) is 5.10 Å². The molecule has 0 aromatic heterocycles. The number of aryl methyl sites for hydroxylation is 2. The normalized spacial score (nSPS) is 10.8. The Morgan fingerprint density at radius 1 is 1.11 bits per heavy atom. The smallest absolute Gasteiger partial charge is 0.329 e. The molecule has 0 fully saturated rings. The summed E-state index contributed by atoms with van der Waals surface area (Å²) in [5, 5.41) is 6.60. The van der Waals surface area contributed by atoms with Gasteiger partial charge >= 0.3 is 11.8 Å². The van der Waals surface area contributed by atoms with Crippen molar-refractivity contribution in [2.75, 3.05) is 12.4 Å². The van der Waals surface area contributed by atoms with Gasteiger partial charge < -0.3 is 14.8 Å². The van der Waals surface area contributed by atoms with Crippen LogP contribution in [0.4, 0.5) is 10.1 Å². The van der Waals surface area contributed by atoms with Crippen molar-refractivity contribution in [3.05, 3.63) is 86.1 Å². The Balaban J connectivity index is 1.65. The molecule has 0 aliphatic rings. The number of nitrogens with zero attached hydrogens (tertiary/aromatic N) is 1. The largest absolute Gasteiger partial charge is 0.493 e. The van der Waals surface area contributed by atoms with Crippen molar-refractivity contribution in [1.29, 1.82) is 0 Å². The van der Waals surface area contributed by atoms with Gasteiger partial charge in [0.2, 0.25) is 0 Å². The minimum atomic E-state index is -0.924. The third-order valence-corrected chi connectivity index (χ3v) is 5.97. The molecule has 3 aromatic carbocycles. The van der Waals surface area contributed by atoms with Gasteiger partial charge in [-0.1, -0.05) is 23.7 Å². The standard InChI is InChI=1S/C25H22BrClFN3O4/c1-14-7-8-17(9-15(14)2)30-24(32)25(33)31-29-12-16-10-19(26)23(22(11-16)34-3)35-13-18-20(27)5-4-6-21(18)28/h4-12H,13H2,1-3H3,(H,30,32)(H,31,33)/b29-12+. The van der Waals surface area contributed by atoms with Gasteiger partial charge in [0.05, 0.1) is 22.8 Å². The highest BCUT2D eigenvalue weighted by atomic mass is 79.9. The molecule has 182 valence electrons. The topological polar surface area (TPSA) is 89.0 Å². The molecule has 0 radical (unpaired) electrons. The number of nitrogens with one attached hydrogen (secondary N) is 2. The summed E-state index contributed by atoms with van der Waals surface area (Å²) >= 11 is 9.45. The second kappa shape index (κ2) is 11.8. The van der Waals surface area contributed by atoms with E-state index in [0.29, 0.717) is 27.2 Å². The number of methoxy groups -OCH3 is 1. The third-order valence-electron chi connectivity index (χ3n) is 5.03. The molecule has 0 aliphatic carbocycles. The number of halogens is 3. The molecular weight excluding hydrogens is 541 g/mol. The average Bonchev–Trinajstić information content (AvgIpc) is 2.81. The van der Waals surface area contributed by atoms with Crippen molar-refractivity contribution in [2.24, 2.45) is 5.10 Å². The van der Waals surface area contributed by atoms with E-state index in [1.165, 1.54) is 25.5 Å². The summed E-state index contributed by atoms with van der Waals surface area (Å²) in [4.78, 5) is 24.2. The highest BCUT2D eigenvalue weighted by Crippen LogP contribution is 2.37. The first-order valence-electron chi connectivity index (χ1n) is 10.3. The number of anilines is 1. The second-order valence-electron chi connectivity index (χ2n) is 7.48. The van der Waals surface area contributed by atoms with Gasteiger partial charge in [-0.15, -0.1) is 0 Å². The molecule has 3 rings (SSSR count). The van der Waals surface area contributed by atoms with Crippen LogP contribution in [0.2, 0.25) is 5.02 Å². The van der Waals surface area contributed by atoms with E-state index in [9.17, 15) is 14.0 Å². The number of carbonyl (C=O) groups excluding carboxylic acids is 2. The van der Waals surface area contributed by atoms with Gasteiger partial charge in [0, 0.05) is 11.3 Å². The lowest BCUT2D eigenvalue weighted by Gasteiger charge is -2.14. The van der Waals surface area contributed by atoms with Crippen LogP contribution < -0.4 is 20.2 Å². The van der Waals surface area contributed by atoms with Crippen molar-refractivity contribution < 1.29 is 23.5 Å². The molecule has 0 saturated carbocycles. The molecule has 0 bridgehead atoms. The maximum atomic E-state index is 14.0. The molecule has 0 atom stereocenters. The van der Waals surface area contributed by atoms with E-state index in [4.69, 9.17) is 21.1 Å². The first-order chi connectivity index (χ1) is 16.7. The molecule has 0 heterocycles. The van der Waals surface area contributed by atoms with E-state index in [-0.39, 0.29) is 17.2 Å². The number of benzene rings is 3. The van der Waals surface area contributed by atoms with Crippen molar-refractivity contribution in [3.63, 3.8) is 0 Å². The Bertz CT molecular complexity index is 1280. The van der Waals surface area contributed by atoms with Crippen LogP contribution >= 0.6 is 27.5 Å². The quantitative estimate of drug-likeness (QED) is 0.225. The molecule has 0 saturated heterocycles. The van der Waals surface area contributed by atoms with Gasteiger partial charge in [-0.3, -0.25) is 9.59 Å². The molecule has 2 amide bonds. The predicted octanol–water partition coefficient (Wildman–Crippen LogP) is 5.53. The van der Waals surface area contributed by atoms with Crippen LogP contribution in [0, 0.1) is 19.7 Å². The molecule has 2 N–H and O–H groups in total. The van der Waals surface area contributed by atoms with Crippen molar-refractivity contribution in [2.45, 2.75) is 20.5 Å². The van der Waals surface area contributed by atoms with Gasteiger partial charge in [0.25, 0.3) is 0 Å². The van der Waals surface area contributed by atoms with Gasteiger partial charge in [0.1, 0.15) is 12.4 Å². The minimum Gasteiger partial charge on any atom is -0.493 e. The summed E-state index contributed by atoms with van der Waals surface area (Å²) in [6.07, 6.45) is 1.34. The third kappa shape index (κ3) is 6.80. The van der Waals surface area contributed by atoms with E-state index in [1.54, 1.807) is 30.3 Å². The second-order valence-corrected chi connectivity index (χ2v) is 8.74. The number of rotatable bonds is 7. The van der Waals surface area contributed by atoms with Crippen LogP contribution in [0.3, 0.4) is 0 Å². The van der Waals surface area contributed by atoms with Crippen LogP contribution in [0.25, 0.3) is 0 Å². The first-order valence-corrected chi connectivity index (χ1v) is 11.5. The molecule has 7 nitrogen and oxygen atoms in total. The Kier molecular flexibility index (Phi) is 8.84. The lowest BCUT2D eigenvalue weighted by Crippen LogP contribution is -2.32. The molecule has 0 aliphatic heterocycles. The molecular formula is C25H22BrClFN3O4. The number of carbonyl (C=O) groups is 2. The van der Waals surface area contributed by atoms with E-state index in [1.807, 2.05) is 19.9 Å². The minimum absolute atomic E-state index is 0.112. The summed E-state index contributed by atoms with van der Waals surface area (Å²) < 4.78 is 25.6. The van der Waals surface area contributed by atoms with Crippen LogP contribution in [0.15, 0.2) is 58.1 Å². The van der Waals surface area contributed by atoms with E-state index >= 15 is 0 Å². The maximum absolute atomic E-state index is 14.0. The highest BCUT2D eigenvalue weighted by Gasteiger charge is 2.15. The monoisotopic (exact) mass is 561 g/mol. The van der Waals surface area contributed by atoms with Gasteiger partial charge in [-0.25, -0.2) is 9.82 Å². The summed E-state index contributed by atoms with van der Waals surface area (Å²) in [5.41, 5.74) is 5.52. The number of hydrazone groups is 1. The van der Waals surface area contributed by atoms with E-state index < -0.39 is 17.6 Å². The Morgan fingerprint density at radius 2 is 1.89 bits per heavy atom. The molecule has 10 heteroatoms. The number of hydrogen-bond donors (Lipinski definition) is 2. The fourth-order valence-electron chi connectivity index (χ4n) is 2.99. The fourth-order valence-corrected chi connectivity index (χ4v) is 3.78. The zero-order valence-corrected chi connectivity index (χ0v) is 21.5. The molecule has 35 heavy (non-hydrogen) atoms. The number of hydrogen-bond acceptors (Lipinski definition) is 5. The van der Waals surface area contributed by atoms with Crippen molar-refractivity contribution in [1.82, 2.24) is 5.43 Å². The highest BCUT2D eigenvalue weighted by molar-refractivity contribution is 9.10. The lowest BCUT2D eigenvalue weighted by molar-refractivity contribution is -0.136. The first kappa shape index (κ1) is 26.2. The van der Waals surface area contributed by atoms with Crippen LogP contribution in [-0.2, 0) is 16.2 Å². The zero-order valence-electron chi connectivity index (χ0n) is 19.1. The number of ether oxygens (including phenoxy) is 2. The lowest BCUT2D eigenvalue weighted by atomic mass is 10.1. The SMILES string of the molecule is COc1cc(/C=N/NC(=O)C(=O)Nc2ccc(C)c(C)c2)cc(Br)c1OCc1c(F)cccc1Cl. The van der Waals surface area contributed by atoms with Crippen molar-refractivity contribution >= 4 is 51.2 Å². The summed E-state index contributed by atoms with van der Waals surface area (Å²) in [7, 11) is 1.45. The Hall–Kier alpha value is -3.43. The summed E-state index contributed by atoms with van der Waals surface area (Å²) in [6.45, 7) is 3.75. The van der Waals surface area contributed by atoms with Crippen molar-refractivity contribution in [3.8, 4) is 11.5 Å². The Morgan fingerprint density at radius 3 is 2.57 bits per heavy atom. The summed E-state index contributed by atoms with van der Waals surface area (Å²) in [6, 6.07) is 13.0. The maximum Gasteiger partial charge on any atom is 0.329 e.